The second kappa shape index (κ2) is 7.86. The summed E-state index contributed by atoms with van der Waals surface area (Å²) in [6, 6.07) is 8.45. The van der Waals surface area contributed by atoms with Crippen molar-refractivity contribution in [2.75, 3.05) is 38.1 Å². The normalized spacial score (nSPS) is 26.2. The maximum Gasteiger partial charge on any atom is 0.158 e. The molecule has 3 aliphatic rings. The number of aromatic nitrogens is 3. The molecular formula is C25H30ClN5O2. The monoisotopic (exact) mass is 467 g/mol. The second-order valence-corrected chi connectivity index (χ2v) is 10.7. The predicted octanol–water partition coefficient (Wildman–Crippen LogP) is 4.01. The van der Waals surface area contributed by atoms with Crippen LogP contribution >= 0.6 is 11.6 Å². The number of hydrogen-bond donors (Lipinski definition) is 2. The van der Waals surface area contributed by atoms with E-state index in [0.717, 1.165) is 73.7 Å². The number of aliphatic hydroxyl groups is 1. The van der Waals surface area contributed by atoms with Gasteiger partial charge in [-0.05, 0) is 75.5 Å². The van der Waals surface area contributed by atoms with Crippen molar-refractivity contribution in [2.24, 2.45) is 0 Å². The zero-order valence-corrected chi connectivity index (χ0v) is 19.7. The number of benzene rings is 1. The zero-order chi connectivity index (χ0) is 22.6. The number of nitrogens with zero attached hydrogens (tertiary/aromatic N) is 4. The van der Waals surface area contributed by atoms with Crippen LogP contribution in [0.4, 0.5) is 5.69 Å². The molecule has 1 saturated heterocycles. The number of fused-ring (bicyclic) bond motifs is 3. The molecule has 1 aliphatic carbocycles. The van der Waals surface area contributed by atoms with Crippen LogP contribution in [0.3, 0.4) is 0 Å². The fourth-order valence-corrected chi connectivity index (χ4v) is 5.98. The van der Waals surface area contributed by atoms with Crippen molar-refractivity contribution in [3.05, 3.63) is 47.2 Å². The molecule has 2 aromatic heterocycles. The van der Waals surface area contributed by atoms with Crippen molar-refractivity contribution in [3.63, 3.8) is 0 Å². The third-order valence-corrected chi connectivity index (χ3v) is 8.00. The van der Waals surface area contributed by atoms with Crippen molar-refractivity contribution in [2.45, 2.75) is 49.7 Å². The molecule has 8 heteroatoms. The lowest BCUT2D eigenvalue weighted by atomic mass is 9.74. The number of hydrogen-bond acceptors (Lipinski definition) is 6. The van der Waals surface area contributed by atoms with Crippen LogP contribution in [0.15, 0.2) is 36.7 Å². The van der Waals surface area contributed by atoms with E-state index in [0.29, 0.717) is 6.61 Å². The minimum atomic E-state index is -0.579. The first kappa shape index (κ1) is 21.2. The first-order chi connectivity index (χ1) is 15.9. The van der Waals surface area contributed by atoms with Gasteiger partial charge in [-0.15, -0.1) is 0 Å². The Morgan fingerprint density at radius 2 is 2.03 bits per heavy atom. The van der Waals surface area contributed by atoms with Gasteiger partial charge in [0.05, 0.1) is 24.0 Å². The molecule has 6 rings (SSSR count). The summed E-state index contributed by atoms with van der Waals surface area (Å²) >= 11 is 6.28. The van der Waals surface area contributed by atoms with E-state index in [2.05, 4.69) is 32.4 Å². The standard InChI is InChI=1S/C25H30ClN5O2/c1-24(32)12-19(13-24)31-23-17(14-29-31)10-20(15-27-23)33-9-8-30-6-4-25(5-7-30)16-28-22-3-2-18(26)11-21(22)25/h2-3,10-11,14-15,19,28,32H,4-9,12-13,16H2,1H3. The van der Waals surface area contributed by atoms with Crippen LogP contribution in [0.1, 0.15) is 44.2 Å². The lowest BCUT2D eigenvalue weighted by molar-refractivity contribution is -0.0531. The summed E-state index contributed by atoms with van der Waals surface area (Å²) < 4.78 is 7.97. The molecule has 1 saturated carbocycles. The van der Waals surface area contributed by atoms with E-state index in [4.69, 9.17) is 16.3 Å². The number of halogens is 1. The van der Waals surface area contributed by atoms with Crippen LogP contribution in [0, 0.1) is 0 Å². The molecule has 1 aromatic carbocycles. The molecule has 2 aliphatic heterocycles. The SMILES string of the molecule is CC1(O)CC(n2ncc3cc(OCCN4CCC5(CC4)CNc4ccc(Cl)cc45)cnc32)C1. The largest absolute Gasteiger partial charge is 0.491 e. The second-order valence-electron chi connectivity index (χ2n) is 10.2. The fraction of sp³-hybridized carbons (Fsp3) is 0.520. The maximum atomic E-state index is 10.0. The van der Waals surface area contributed by atoms with Crippen molar-refractivity contribution in [1.82, 2.24) is 19.7 Å². The average molecular weight is 468 g/mol. The van der Waals surface area contributed by atoms with Crippen molar-refractivity contribution in [3.8, 4) is 5.75 Å². The van der Waals surface area contributed by atoms with Gasteiger partial charge in [0, 0.05) is 34.6 Å². The van der Waals surface area contributed by atoms with Gasteiger partial charge in [0.15, 0.2) is 5.65 Å². The smallest absolute Gasteiger partial charge is 0.158 e. The summed E-state index contributed by atoms with van der Waals surface area (Å²) in [4.78, 5) is 7.08. The highest BCUT2D eigenvalue weighted by atomic mass is 35.5. The van der Waals surface area contributed by atoms with Crippen molar-refractivity contribution >= 4 is 28.3 Å². The van der Waals surface area contributed by atoms with Gasteiger partial charge >= 0.3 is 0 Å². The third kappa shape index (κ3) is 3.86. The molecule has 0 unspecified atom stereocenters. The minimum absolute atomic E-state index is 0.209. The van der Waals surface area contributed by atoms with Crippen LogP contribution in [0.25, 0.3) is 11.0 Å². The van der Waals surface area contributed by atoms with E-state index < -0.39 is 5.60 Å². The molecule has 0 atom stereocenters. The zero-order valence-electron chi connectivity index (χ0n) is 18.9. The molecular weight excluding hydrogens is 438 g/mol. The van der Waals surface area contributed by atoms with Crippen molar-refractivity contribution in [1.29, 1.82) is 0 Å². The van der Waals surface area contributed by atoms with Gasteiger partial charge in [-0.3, -0.25) is 4.90 Å². The summed E-state index contributed by atoms with van der Waals surface area (Å²) in [5, 5.41) is 19.9. The van der Waals surface area contributed by atoms with E-state index in [1.165, 1.54) is 11.3 Å². The van der Waals surface area contributed by atoms with Gasteiger partial charge in [-0.25, -0.2) is 9.67 Å². The summed E-state index contributed by atoms with van der Waals surface area (Å²) in [6.07, 6.45) is 7.33. The van der Waals surface area contributed by atoms with Gasteiger partial charge in [-0.2, -0.15) is 5.10 Å². The summed E-state index contributed by atoms with van der Waals surface area (Å²) in [5.41, 5.74) is 3.11. The Balaban J connectivity index is 1.03. The highest BCUT2D eigenvalue weighted by Gasteiger charge is 2.42. The molecule has 0 amide bonds. The summed E-state index contributed by atoms with van der Waals surface area (Å²) in [6.45, 7) is 6.54. The Kier molecular flexibility index (Phi) is 5.05. The molecule has 7 nitrogen and oxygen atoms in total. The van der Waals surface area contributed by atoms with Gasteiger partial charge < -0.3 is 15.2 Å². The number of ether oxygens (including phenoxy) is 1. The summed E-state index contributed by atoms with van der Waals surface area (Å²) in [5.74, 6) is 0.777. The molecule has 174 valence electrons. The van der Waals surface area contributed by atoms with E-state index in [-0.39, 0.29) is 11.5 Å². The molecule has 2 N–H and O–H groups in total. The minimum Gasteiger partial charge on any atom is -0.491 e. The van der Waals surface area contributed by atoms with E-state index >= 15 is 0 Å². The number of rotatable bonds is 5. The number of piperidine rings is 1. The Bertz CT molecular complexity index is 1180. The molecule has 4 heterocycles. The lowest BCUT2D eigenvalue weighted by Gasteiger charge is -2.40. The lowest BCUT2D eigenvalue weighted by Crippen LogP contribution is -2.44. The Morgan fingerprint density at radius 3 is 2.82 bits per heavy atom. The first-order valence-electron chi connectivity index (χ1n) is 11.9. The Morgan fingerprint density at radius 1 is 1.21 bits per heavy atom. The quantitative estimate of drug-likeness (QED) is 0.590. The van der Waals surface area contributed by atoms with Crippen LogP contribution in [-0.2, 0) is 5.41 Å². The van der Waals surface area contributed by atoms with Crippen LogP contribution in [-0.4, -0.2) is 63.2 Å². The van der Waals surface area contributed by atoms with E-state index in [9.17, 15) is 5.11 Å². The average Bonchev–Trinajstić information content (AvgIpc) is 3.35. The predicted molar refractivity (Wildman–Crippen MR) is 129 cm³/mol. The maximum absolute atomic E-state index is 10.0. The molecule has 2 fully saturated rings. The van der Waals surface area contributed by atoms with Gasteiger partial charge in [-0.1, -0.05) is 11.6 Å². The first-order valence-corrected chi connectivity index (χ1v) is 12.2. The van der Waals surface area contributed by atoms with Gasteiger partial charge in [0.1, 0.15) is 12.4 Å². The molecule has 0 bridgehead atoms. The van der Waals surface area contributed by atoms with Gasteiger partial charge in [0.25, 0.3) is 0 Å². The highest BCUT2D eigenvalue weighted by molar-refractivity contribution is 6.30. The highest BCUT2D eigenvalue weighted by Crippen LogP contribution is 2.45. The number of anilines is 1. The Labute approximate surface area is 198 Å². The van der Waals surface area contributed by atoms with Crippen LogP contribution in [0.5, 0.6) is 5.75 Å². The number of likely N-dealkylation sites (tertiary alicyclic amines) is 1. The number of pyridine rings is 1. The molecule has 33 heavy (non-hydrogen) atoms. The molecule has 0 radical (unpaired) electrons. The number of nitrogens with one attached hydrogen (secondary N) is 1. The van der Waals surface area contributed by atoms with Gasteiger partial charge in [0.2, 0.25) is 0 Å². The van der Waals surface area contributed by atoms with E-state index in [1.54, 1.807) is 6.20 Å². The van der Waals surface area contributed by atoms with Crippen LogP contribution in [0.2, 0.25) is 5.02 Å². The third-order valence-electron chi connectivity index (χ3n) is 7.76. The topological polar surface area (TPSA) is 75.4 Å². The Hall–Kier alpha value is -2.35. The van der Waals surface area contributed by atoms with Crippen LogP contribution < -0.4 is 10.1 Å². The molecule has 3 aromatic rings. The van der Waals surface area contributed by atoms with Crippen molar-refractivity contribution < 1.29 is 9.84 Å². The van der Waals surface area contributed by atoms with E-state index in [1.807, 2.05) is 29.9 Å². The fourth-order valence-electron chi connectivity index (χ4n) is 5.81. The molecule has 1 spiro atoms. The summed E-state index contributed by atoms with van der Waals surface area (Å²) in [7, 11) is 0.